The van der Waals surface area contributed by atoms with E-state index in [1.54, 1.807) is 36.4 Å². The molecule has 1 heterocycles. The molecular weight excluding hydrogens is 480 g/mol. The van der Waals surface area contributed by atoms with Gasteiger partial charge >= 0.3 is 6.03 Å². The monoisotopic (exact) mass is 504 g/mol. The summed E-state index contributed by atoms with van der Waals surface area (Å²) in [6.45, 7) is 6.18. The van der Waals surface area contributed by atoms with E-state index in [0.29, 0.717) is 34.4 Å². The number of carbonyl (C=O) groups is 3. The number of carbonyl (C=O) groups excluding carboxylic acids is 3. The predicted molar refractivity (Wildman–Crippen MR) is 138 cm³/mol. The van der Waals surface area contributed by atoms with Gasteiger partial charge in [-0.15, -0.1) is 0 Å². The number of halogens is 1. The highest BCUT2D eigenvalue weighted by Gasteiger charge is 2.37. The van der Waals surface area contributed by atoms with Crippen LogP contribution in [0.4, 0.5) is 10.5 Å². The van der Waals surface area contributed by atoms with Gasteiger partial charge in [0.25, 0.3) is 11.8 Å². The zero-order valence-corrected chi connectivity index (χ0v) is 20.9. The van der Waals surface area contributed by atoms with Gasteiger partial charge in [-0.2, -0.15) is 0 Å². The molecule has 8 heteroatoms. The summed E-state index contributed by atoms with van der Waals surface area (Å²) in [4.78, 5) is 39.5. The van der Waals surface area contributed by atoms with Crippen molar-refractivity contribution in [2.45, 2.75) is 27.4 Å². The fraction of sp³-hybridized carbons (Fsp3) is 0.179. The minimum atomic E-state index is -0.783. The van der Waals surface area contributed by atoms with Crippen LogP contribution in [-0.2, 0) is 16.2 Å². The van der Waals surface area contributed by atoms with Crippen molar-refractivity contribution in [3.05, 3.63) is 93.5 Å². The number of imide groups is 2. The van der Waals surface area contributed by atoms with Gasteiger partial charge in [-0.1, -0.05) is 48.0 Å². The third kappa shape index (κ3) is 5.11. The number of hydrogen-bond donors (Lipinski definition) is 1. The Morgan fingerprint density at radius 2 is 1.72 bits per heavy atom. The molecule has 0 aliphatic carbocycles. The number of nitrogens with one attached hydrogen (secondary N) is 1. The topological polar surface area (TPSA) is 84.9 Å². The van der Waals surface area contributed by atoms with Crippen LogP contribution in [0.2, 0.25) is 5.02 Å². The van der Waals surface area contributed by atoms with Crippen molar-refractivity contribution in [2.75, 3.05) is 11.5 Å². The normalized spacial score (nSPS) is 14.7. The number of nitrogens with zero attached hydrogens (tertiary/aromatic N) is 1. The van der Waals surface area contributed by atoms with Gasteiger partial charge in [0.2, 0.25) is 0 Å². The molecule has 0 aromatic heterocycles. The van der Waals surface area contributed by atoms with Crippen molar-refractivity contribution in [1.82, 2.24) is 5.32 Å². The molecule has 0 spiro atoms. The Morgan fingerprint density at radius 1 is 0.944 bits per heavy atom. The maximum Gasteiger partial charge on any atom is 0.335 e. The van der Waals surface area contributed by atoms with E-state index in [2.05, 4.69) is 5.32 Å². The van der Waals surface area contributed by atoms with Crippen molar-refractivity contribution < 1.29 is 23.9 Å². The second kappa shape index (κ2) is 10.7. The number of urea groups is 1. The Balaban J connectivity index is 1.64. The highest BCUT2D eigenvalue weighted by atomic mass is 35.5. The Morgan fingerprint density at radius 3 is 2.47 bits per heavy atom. The lowest BCUT2D eigenvalue weighted by molar-refractivity contribution is -0.122. The van der Waals surface area contributed by atoms with Gasteiger partial charge in [0, 0.05) is 10.6 Å². The van der Waals surface area contributed by atoms with E-state index < -0.39 is 17.8 Å². The standard InChI is InChI=1S/C28H25ClN2O5/c1-4-35-25-15-19(12-13-24(25)36-16-20-9-5-6-10-22(20)29)14-21-26(32)30-28(34)31(27(21)33)23-11-7-8-17(2)18(23)3/h5-15H,4,16H2,1-3H3,(H,30,32,34)/b21-14+. The molecule has 4 rings (SSSR count). The molecule has 1 fully saturated rings. The minimum absolute atomic E-state index is 0.164. The van der Waals surface area contributed by atoms with E-state index in [4.69, 9.17) is 21.1 Å². The number of aryl methyl sites for hydroxylation is 1. The molecule has 3 aromatic carbocycles. The number of hydrogen-bond acceptors (Lipinski definition) is 5. The van der Waals surface area contributed by atoms with E-state index in [9.17, 15) is 14.4 Å². The lowest BCUT2D eigenvalue weighted by Crippen LogP contribution is -2.54. The fourth-order valence-corrected chi connectivity index (χ4v) is 3.98. The molecule has 1 saturated heterocycles. The maximum atomic E-state index is 13.3. The van der Waals surface area contributed by atoms with Gasteiger partial charge in [-0.05, 0) is 67.8 Å². The molecule has 1 N–H and O–H groups in total. The second-order valence-corrected chi connectivity index (χ2v) is 8.60. The van der Waals surface area contributed by atoms with Gasteiger partial charge in [0.15, 0.2) is 11.5 Å². The van der Waals surface area contributed by atoms with E-state index in [0.717, 1.165) is 21.6 Å². The Bertz CT molecular complexity index is 1380. The summed E-state index contributed by atoms with van der Waals surface area (Å²) in [5, 5.41) is 2.86. The zero-order chi connectivity index (χ0) is 25.8. The third-order valence-corrected chi connectivity index (χ3v) is 6.21. The molecule has 1 aliphatic rings. The summed E-state index contributed by atoms with van der Waals surface area (Å²) in [6.07, 6.45) is 1.43. The van der Waals surface area contributed by atoms with Gasteiger partial charge in [0.1, 0.15) is 12.2 Å². The highest BCUT2D eigenvalue weighted by Crippen LogP contribution is 2.32. The number of ether oxygens (including phenoxy) is 2. The molecule has 0 saturated carbocycles. The highest BCUT2D eigenvalue weighted by molar-refractivity contribution is 6.39. The van der Waals surface area contributed by atoms with Crippen molar-refractivity contribution in [3.63, 3.8) is 0 Å². The van der Waals surface area contributed by atoms with Crippen molar-refractivity contribution in [1.29, 1.82) is 0 Å². The summed E-state index contributed by atoms with van der Waals surface area (Å²) in [5.74, 6) is -0.520. The average Bonchev–Trinajstić information content (AvgIpc) is 2.85. The van der Waals surface area contributed by atoms with Gasteiger partial charge in [-0.3, -0.25) is 14.9 Å². The van der Waals surface area contributed by atoms with Crippen molar-refractivity contribution in [3.8, 4) is 11.5 Å². The van der Waals surface area contributed by atoms with E-state index in [1.165, 1.54) is 6.08 Å². The van der Waals surface area contributed by atoms with Crippen molar-refractivity contribution >= 4 is 41.2 Å². The number of barbiturate groups is 1. The predicted octanol–water partition coefficient (Wildman–Crippen LogP) is 5.60. The first-order chi connectivity index (χ1) is 17.3. The van der Waals surface area contributed by atoms with Crippen LogP contribution < -0.4 is 19.7 Å². The van der Waals surface area contributed by atoms with Crippen LogP contribution in [-0.4, -0.2) is 24.5 Å². The number of benzene rings is 3. The first-order valence-corrected chi connectivity index (χ1v) is 11.8. The Hall–Kier alpha value is -4.10. The molecule has 184 valence electrons. The molecule has 0 unspecified atom stereocenters. The number of amides is 4. The molecule has 7 nitrogen and oxygen atoms in total. The summed E-state index contributed by atoms with van der Waals surface area (Å²) >= 11 is 6.22. The fourth-order valence-electron chi connectivity index (χ4n) is 3.79. The maximum absolute atomic E-state index is 13.3. The van der Waals surface area contributed by atoms with Crippen LogP contribution in [0.25, 0.3) is 6.08 Å². The molecule has 0 bridgehead atoms. The summed E-state index contributed by atoms with van der Waals surface area (Å²) in [6, 6.07) is 17.0. The average molecular weight is 505 g/mol. The van der Waals surface area contributed by atoms with E-state index >= 15 is 0 Å². The van der Waals surface area contributed by atoms with Gasteiger partial charge in [0.05, 0.1) is 12.3 Å². The van der Waals surface area contributed by atoms with Gasteiger partial charge in [-0.25, -0.2) is 9.69 Å². The molecule has 3 aromatic rings. The summed E-state index contributed by atoms with van der Waals surface area (Å²) in [7, 11) is 0. The molecule has 4 amide bonds. The largest absolute Gasteiger partial charge is 0.490 e. The lowest BCUT2D eigenvalue weighted by atomic mass is 10.0. The minimum Gasteiger partial charge on any atom is -0.490 e. The Kier molecular flexibility index (Phi) is 7.41. The smallest absolute Gasteiger partial charge is 0.335 e. The van der Waals surface area contributed by atoms with Crippen LogP contribution in [0.3, 0.4) is 0 Å². The molecule has 36 heavy (non-hydrogen) atoms. The van der Waals surface area contributed by atoms with Crippen LogP contribution in [0.5, 0.6) is 11.5 Å². The molecular formula is C28H25ClN2O5. The van der Waals surface area contributed by atoms with Crippen LogP contribution in [0.15, 0.2) is 66.2 Å². The zero-order valence-electron chi connectivity index (χ0n) is 20.1. The van der Waals surface area contributed by atoms with Crippen LogP contribution in [0, 0.1) is 13.8 Å². The van der Waals surface area contributed by atoms with Crippen LogP contribution in [0.1, 0.15) is 29.2 Å². The van der Waals surface area contributed by atoms with Gasteiger partial charge < -0.3 is 9.47 Å². The van der Waals surface area contributed by atoms with E-state index in [1.807, 2.05) is 45.0 Å². The number of rotatable bonds is 7. The van der Waals surface area contributed by atoms with Crippen molar-refractivity contribution in [2.24, 2.45) is 0 Å². The SMILES string of the molecule is CCOc1cc(/C=C2\C(=O)NC(=O)N(c3cccc(C)c3C)C2=O)ccc1OCc1ccccc1Cl. The lowest BCUT2D eigenvalue weighted by Gasteiger charge is -2.28. The van der Waals surface area contributed by atoms with Crippen LogP contribution >= 0.6 is 11.6 Å². The molecule has 0 radical (unpaired) electrons. The first kappa shape index (κ1) is 25.0. The second-order valence-electron chi connectivity index (χ2n) is 8.20. The number of anilines is 1. The Labute approximate surface area is 214 Å². The quantitative estimate of drug-likeness (QED) is 0.334. The van der Waals surface area contributed by atoms with E-state index in [-0.39, 0.29) is 12.2 Å². The summed E-state index contributed by atoms with van der Waals surface area (Å²) < 4.78 is 11.7. The molecule has 0 atom stereocenters. The first-order valence-electron chi connectivity index (χ1n) is 11.4. The molecule has 1 aliphatic heterocycles. The third-order valence-electron chi connectivity index (χ3n) is 5.84. The summed E-state index contributed by atoms with van der Waals surface area (Å²) in [5.41, 5.74) is 3.32.